The molecule has 0 aliphatic heterocycles. The highest BCUT2D eigenvalue weighted by molar-refractivity contribution is 7.89. The molecule has 3 aromatic rings. The van der Waals surface area contributed by atoms with Crippen LogP contribution in [-0.4, -0.2) is 18.0 Å². The average molecular weight is 316 g/mol. The number of fused-ring (bicyclic) bond motifs is 1. The first kappa shape index (κ1) is 14.6. The van der Waals surface area contributed by atoms with E-state index in [4.69, 9.17) is 5.14 Å². The largest absolute Gasteiger partial charge is 0.367 e. The summed E-state index contributed by atoms with van der Waals surface area (Å²) in [6, 6.07) is 12.4. The summed E-state index contributed by atoms with van der Waals surface area (Å²) < 4.78 is 24.4. The first-order valence-corrected chi connectivity index (χ1v) is 8.26. The lowest BCUT2D eigenvalue weighted by molar-refractivity contribution is 0.598. The van der Waals surface area contributed by atoms with Crippen LogP contribution in [0.25, 0.3) is 11.0 Å². The van der Waals surface area contributed by atoms with Gasteiger partial charge in [0.25, 0.3) is 0 Å². The molecule has 0 aliphatic rings. The number of nitrogens with one attached hydrogen (secondary N) is 1. The Labute approximate surface area is 128 Å². The molecule has 0 unspecified atom stereocenters. The Bertz CT molecular complexity index is 914. The van der Waals surface area contributed by atoms with Gasteiger partial charge in [-0.15, -0.1) is 0 Å². The molecule has 0 radical (unpaired) electrons. The summed E-state index contributed by atoms with van der Waals surface area (Å²) in [6.45, 7) is 2.57. The maximum Gasteiger partial charge on any atom is 0.238 e. The first-order valence-electron chi connectivity index (χ1n) is 6.72. The van der Waals surface area contributed by atoms with Gasteiger partial charge in [-0.25, -0.2) is 18.5 Å². The van der Waals surface area contributed by atoms with E-state index in [1.165, 1.54) is 17.7 Å². The van der Waals surface area contributed by atoms with Crippen molar-refractivity contribution in [1.82, 2.24) is 9.55 Å². The average Bonchev–Trinajstić information content (AvgIpc) is 2.87. The molecule has 1 heterocycles. The van der Waals surface area contributed by atoms with Gasteiger partial charge in [-0.3, -0.25) is 0 Å². The molecule has 2 aromatic carbocycles. The van der Waals surface area contributed by atoms with Crippen LogP contribution in [0.5, 0.6) is 0 Å². The fourth-order valence-corrected chi connectivity index (χ4v) is 2.75. The van der Waals surface area contributed by atoms with Crippen LogP contribution in [0.4, 0.5) is 5.69 Å². The molecular weight excluding hydrogens is 300 g/mol. The summed E-state index contributed by atoms with van der Waals surface area (Å²) in [4.78, 5) is 4.46. The van der Waals surface area contributed by atoms with Crippen LogP contribution in [-0.2, 0) is 16.7 Å². The Balaban J connectivity index is 1.76. The third-order valence-electron chi connectivity index (χ3n) is 3.41. The van der Waals surface area contributed by atoms with Crippen molar-refractivity contribution in [2.45, 2.75) is 18.5 Å². The number of aromatic nitrogens is 2. The van der Waals surface area contributed by atoms with E-state index in [-0.39, 0.29) is 4.90 Å². The van der Waals surface area contributed by atoms with Crippen LogP contribution < -0.4 is 10.5 Å². The Morgan fingerprint density at radius 2 is 1.91 bits per heavy atom. The smallest absolute Gasteiger partial charge is 0.238 e. The van der Waals surface area contributed by atoms with E-state index in [2.05, 4.69) is 10.3 Å². The summed E-state index contributed by atoms with van der Waals surface area (Å²) >= 11 is 0. The molecule has 0 aliphatic carbocycles. The van der Waals surface area contributed by atoms with Gasteiger partial charge in [-0.2, -0.15) is 0 Å². The van der Waals surface area contributed by atoms with Gasteiger partial charge in [-0.05, 0) is 48.9 Å². The molecule has 0 fully saturated rings. The number of nitrogens with zero attached hydrogens (tertiary/aromatic N) is 2. The van der Waals surface area contributed by atoms with Gasteiger partial charge in [0.15, 0.2) is 0 Å². The van der Waals surface area contributed by atoms with E-state index in [1.54, 1.807) is 18.5 Å². The molecule has 3 rings (SSSR count). The van der Waals surface area contributed by atoms with E-state index < -0.39 is 10.0 Å². The number of benzene rings is 2. The molecule has 22 heavy (non-hydrogen) atoms. The van der Waals surface area contributed by atoms with E-state index in [0.717, 1.165) is 16.7 Å². The second-order valence-corrected chi connectivity index (χ2v) is 6.67. The first-order chi connectivity index (χ1) is 10.4. The molecule has 114 valence electrons. The standard InChI is InChI=1S/C15H16N4O2S/c1-11-2-7-15-14(8-11)18-10-19(15)9-17-12-3-5-13(6-4-12)22(16,20)21/h2-8,10,17H,9H2,1H3,(H2,16,20,21). The quantitative estimate of drug-likeness (QED) is 0.771. The Morgan fingerprint density at radius 1 is 1.18 bits per heavy atom. The maximum atomic E-state index is 11.2. The Kier molecular flexibility index (Phi) is 3.59. The number of sulfonamides is 1. The number of anilines is 1. The predicted molar refractivity (Wildman–Crippen MR) is 85.9 cm³/mol. The summed E-state index contributed by atoms with van der Waals surface area (Å²) in [5.41, 5.74) is 3.97. The number of primary sulfonamides is 1. The zero-order chi connectivity index (χ0) is 15.7. The number of hydrogen-bond donors (Lipinski definition) is 2. The Morgan fingerprint density at radius 3 is 2.59 bits per heavy atom. The Hall–Kier alpha value is -2.38. The highest BCUT2D eigenvalue weighted by atomic mass is 32.2. The fraction of sp³-hybridized carbons (Fsp3) is 0.133. The van der Waals surface area contributed by atoms with Crippen LogP contribution in [0.15, 0.2) is 53.7 Å². The lowest BCUT2D eigenvalue weighted by Crippen LogP contribution is -2.12. The molecule has 0 saturated carbocycles. The minimum atomic E-state index is -3.65. The van der Waals surface area contributed by atoms with Gasteiger partial charge in [0.05, 0.1) is 28.9 Å². The van der Waals surface area contributed by atoms with Crippen molar-refractivity contribution >= 4 is 26.7 Å². The molecule has 6 nitrogen and oxygen atoms in total. The summed E-state index contributed by atoms with van der Waals surface area (Å²) in [5, 5.41) is 8.29. The van der Waals surface area contributed by atoms with E-state index in [0.29, 0.717) is 6.67 Å². The zero-order valence-corrected chi connectivity index (χ0v) is 12.8. The molecule has 0 bridgehead atoms. The van der Waals surface area contributed by atoms with E-state index in [9.17, 15) is 8.42 Å². The SMILES string of the molecule is Cc1ccc2c(c1)ncn2CNc1ccc(S(N)(=O)=O)cc1. The fourth-order valence-electron chi connectivity index (χ4n) is 2.24. The molecular formula is C15H16N4O2S. The summed E-state index contributed by atoms with van der Waals surface area (Å²) in [7, 11) is -3.65. The second kappa shape index (κ2) is 5.43. The third-order valence-corrected chi connectivity index (χ3v) is 4.34. The van der Waals surface area contributed by atoms with Crippen molar-refractivity contribution in [1.29, 1.82) is 0 Å². The number of hydrogen-bond acceptors (Lipinski definition) is 4. The number of rotatable bonds is 4. The second-order valence-electron chi connectivity index (χ2n) is 5.11. The number of imidazole rings is 1. The topological polar surface area (TPSA) is 90.0 Å². The monoisotopic (exact) mass is 316 g/mol. The minimum Gasteiger partial charge on any atom is -0.367 e. The van der Waals surface area contributed by atoms with Crippen LogP contribution in [0.1, 0.15) is 5.56 Å². The minimum absolute atomic E-state index is 0.0987. The lowest BCUT2D eigenvalue weighted by atomic mass is 10.2. The van der Waals surface area contributed by atoms with Crippen molar-refractivity contribution in [2.75, 3.05) is 5.32 Å². The normalized spacial score (nSPS) is 11.7. The summed E-state index contributed by atoms with van der Waals surface area (Å²) in [6.07, 6.45) is 1.77. The molecule has 0 saturated heterocycles. The van der Waals surface area contributed by atoms with Gasteiger partial charge in [0, 0.05) is 5.69 Å². The molecule has 0 spiro atoms. The van der Waals surface area contributed by atoms with Crippen molar-refractivity contribution in [2.24, 2.45) is 5.14 Å². The van der Waals surface area contributed by atoms with Gasteiger partial charge >= 0.3 is 0 Å². The maximum absolute atomic E-state index is 11.2. The van der Waals surface area contributed by atoms with Gasteiger partial charge in [0.1, 0.15) is 0 Å². The lowest BCUT2D eigenvalue weighted by Gasteiger charge is -2.09. The van der Waals surface area contributed by atoms with Gasteiger partial charge in [-0.1, -0.05) is 6.07 Å². The molecule has 3 N–H and O–H groups in total. The highest BCUT2D eigenvalue weighted by Crippen LogP contribution is 2.16. The van der Waals surface area contributed by atoms with Gasteiger partial charge < -0.3 is 9.88 Å². The third kappa shape index (κ3) is 2.95. The van der Waals surface area contributed by atoms with Crippen LogP contribution in [0.3, 0.4) is 0 Å². The molecule has 0 atom stereocenters. The van der Waals surface area contributed by atoms with Crippen molar-refractivity contribution < 1.29 is 8.42 Å². The number of nitrogens with two attached hydrogens (primary N) is 1. The van der Waals surface area contributed by atoms with Crippen LogP contribution in [0, 0.1) is 6.92 Å². The van der Waals surface area contributed by atoms with E-state index in [1.807, 2.05) is 29.7 Å². The molecule has 0 amide bonds. The molecule has 1 aromatic heterocycles. The summed E-state index contributed by atoms with van der Waals surface area (Å²) in [5.74, 6) is 0. The van der Waals surface area contributed by atoms with Crippen molar-refractivity contribution in [3.05, 3.63) is 54.4 Å². The van der Waals surface area contributed by atoms with Crippen molar-refractivity contribution in [3.8, 4) is 0 Å². The van der Waals surface area contributed by atoms with E-state index >= 15 is 0 Å². The number of aryl methyl sites for hydroxylation is 1. The highest BCUT2D eigenvalue weighted by Gasteiger charge is 2.07. The molecule has 7 heteroatoms. The van der Waals surface area contributed by atoms with Gasteiger partial charge in [0.2, 0.25) is 10.0 Å². The zero-order valence-electron chi connectivity index (χ0n) is 12.0. The van der Waals surface area contributed by atoms with Crippen LogP contribution in [0.2, 0.25) is 0 Å². The predicted octanol–water partition coefficient (Wildman–Crippen LogP) is 2.06. The van der Waals surface area contributed by atoms with Crippen molar-refractivity contribution in [3.63, 3.8) is 0 Å². The van der Waals surface area contributed by atoms with Crippen LogP contribution >= 0.6 is 0 Å².